The fourth-order valence-electron chi connectivity index (χ4n) is 4.47. The molecule has 1 aliphatic rings. The summed E-state index contributed by atoms with van der Waals surface area (Å²) >= 11 is 11.8. The number of methoxy groups -OCH3 is 1. The molecule has 0 aliphatic carbocycles. The molecule has 11 nitrogen and oxygen atoms in total. The number of para-hydroxylation sites is 1. The van der Waals surface area contributed by atoms with Gasteiger partial charge in [-0.15, -0.1) is 0 Å². The molecule has 0 saturated carbocycles. The molecule has 3 N–H and O–H groups in total. The monoisotopic (exact) mass is 647 g/mol. The number of hydrogen-bond donors (Lipinski definition) is 3. The van der Waals surface area contributed by atoms with E-state index in [0.29, 0.717) is 55.9 Å². The molecule has 0 aromatic heterocycles. The summed E-state index contributed by atoms with van der Waals surface area (Å²) in [5.41, 5.74) is 5.67. The van der Waals surface area contributed by atoms with Crippen molar-refractivity contribution in [3.05, 3.63) is 99.2 Å². The Hall–Kier alpha value is -5.12. The summed E-state index contributed by atoms with van der Waals surface area (Å²) in [4.78, 5) is 25.3. The molecule has 1 atom stereocenters. The topological polar surface area (TPSA) is 143 Å². The summed E-state index contributed by atoms with van der Waals surface area (Å²) in [7, 11) is 1.47. The molecule has 0 saturated heterocycles. The highest BCUT2D eigenvalue weighted by Crippen LogP contribution is 2.37. The van der Waals surface area contributed by atoms with E-state index >= 15 is 0 Å². The fraction of sp³-hybridized carbons (Fsp3) is 0.219. The third kappa shape index (κ3) is 8.29. The van der Waals surface area contributed by atoms with Crippen LogP contribution in [-0.2, 0) is 20.9 Å². The van der Waals surface area contributed by atoms with Crippen molar-refractivity contribution in [2.75, 3.05) is 20.3 Å². The van der Waals surface area contributed by atoms with E-state index in [-0.39, 0.29) is 24.8 Å². The number of nitrogens with zero attached hydrogens (tertiary/aromatic N) is 2. The van der Waals surface area contributed by atoms with Gasteiger partial charge in [-0.3, -0.25) is 4.79 Å². The van der Waals surface area contributed by atoms with Gasteiger partial charge in [-0.05, 0) is 55.9 Å². The van der Waals surface area contributed by atoms with Gasteiger partial charge >= 0.3 is 5.97 Å². The van der Waals surface area contributed by atoms with Crippen LogP contribution < -0.4 is 30.3 Å². The van der Waals surface area contributed by atoms with Gasteiger partial charge in [0.2, 0.25) is 0 Å². The van der Waals surface area contributed by atoms with Crippen LogP contribution in [0.5, 0.6) is 17.2 Å². The highest BCUT2D eigenvalue weighted by Gasteiger charge is 2.32. The molecule has 3 aromatic carbocycles. The first-order valence-corrected chi connectivity index (χ1v) is 14.5. The van der Waals surface area contributed by atoms with Crippen LogP contribution in [0.3, 0.4) is 0 Å². The van der Waals surface area contributed by atoms with Crippen LogP contribution in [0.25, 0.3) is 0 Å². The highest BCUT2D eigenvalue weighted by atomic mass is 35.5. The Morgan fingerprint density at radius 2 is 1.89 bits per heavy atom. The van der Waals surface area contributed by atoms with Crippen molar-refractivity contribution in [2.45, 2.75) is 26.5 Å². The summed E-state index contributed by atoms with van der Waals surface area (Å²) in [5, 5.41) is 20.0. The first-order valence-electron chi connectivity index (χ1n) is 13.7. The maximum Gasteiger partial charge on any atom is 0.338 e. The minimum absolute atomic E-state index is 0.118. The van der Waals surface area contributed by atoms with Crippen molar-refractivity contribution < 1.29 is 28.5 Å². The Morgan fingerprint density at radius 3 is 2.64 bits per heavy atom. The second-order valence-corrected chi connectivity index (χ2v) is 10.3. The molecule has 0 radical (unpaired) electrons. The average molecular weight is 648 g/mol. The van der Waals surface area contributed by atoms with Crippen LogP contribution in [0.2, 0.25) is 5.02 Å². The van der Waals surface area contributed by atoms with Gasteiger partial charge in [0.05, 0.1) is 48.2 Å². The Balaban J connectivity index is 1.40. The number of carbonyl (C=O) groups excluding carboxylic acids is 2. The van der Waals surface area contributed by atoms with Gasteiger partial charge in [-0.2, -0.15) is 10.4 Å². The molecular formula is C32H30ClN5O6S. The number of hydrazone groups is 1. The largest absolute Gasteiger partial charge is 0.493 e. The minimum atomic E-state index is -0.650. The average Bonchev–Trinajstić information content (AvgIpc) is 3.03. The number of ether oxygens (including phenoxy) is 4. The predicted octanol–water partition coefficient (Wildman–Crippen LogP) is 4.68. The number of allylic oxidation sites excluding steroid dienone is 1. The van der Waals surface area contributed by atoms with E-state index in [0.717, 1.165) is 0 Å². The van der Waals surface area contributed by atoms with E-state index in [2.05, 4.69) is 27.2 Å². The van der Waals surface area contributed by atoms with Crippen molar-refractivity contribution in [3.63, 3.8) is 0 Å². The second-order valence-electron chi connectivity index (χ2n) is 9.50. The third-order valence-corrected chi connectivity index (χ3v) is 7.02. The molecule has 232 valence electrons. The number of esters is 1. The molecule has 4 rings (SSSR count). The molecule has 45 heavy (non-hydrogen) atoms. The molecule has 1 amide bonds. The quantitative estimate of drug-likeness (QED) is 0.110. The van der Waals surface area contributed by atoms with Crippen LogP contribution >= 0.6 is 23.8 Å². The molecule has 3 aromatic rings. The number of amides is 1. The number of nitrogens with one attached hydrogen (secondary N) is 3. The van der Waals surface area contributed by atoms with Crippen LogP contribution in [0, 0.1) is 11.3 Å². The fourth-order valence-corrected chi connectivity index (χ4v) is 5.02. The van der Waals surface area contributed by atoms with E-state index in [9.17, 15) is 14.9 Å². The zero-order valence-electron chi connectivity index (χ0n) is 24.7. The second kappa shape index (κ2) is 15.6. The van der Waals surface area contributed by atoms with Gasteiger partial charge in [0, 0.05) is 16.8 Å². The van der Waals surface area contributed by atoms with E-state index in [4.69, 9.17) is 42.8 Å². The Labute approximate surface area is 270 Å². The lowest BCUT2D eigenvalue weighted by molar-refractivity contribution is -0.139. The van der Waals surface area contributed by atoms with Crippen molar-refractivity contribution >= 4 is 47.0 Å². The van der Waals surface area contributed by atoms with Crippen molar-refractivity contribution in [2.24, 2.45) is 5.10 Å². The predicted molar refractivity (Wildman–Crippen MR) is 172 cm³/mol. The lowest BCUT2D eigenvalue weighted by Gasteiger charge is -2.30. The Morgan fingerprint density at radius 1 is 1.13 bits per heavy atom. The standard InChI is InChI=1S/C32H30ClN5O6S/c1-4-42-31(40)28-19(2)36-32(45)37-29(28)23-11-7-8-12-25(23)43-18-27(39)38-35-16-20-13-24(33)30(26(14-20)41-3)44-17-22-10-6-5-9-21(22)15-34/h5-14,16,29H,4,17-18H2,1-3H3,(H,38,39)(H2,36,37,45)/t29-/m0/s1. The molecular weight excluding hydrogens is 618 g/mol. The van der Waals surface area contributed by atoms with E-state index in [1.165, 1.54) is 13.3 Å². The summed E-state index contributed by atoms with van der Waals surface area (Å²) in [6.45, 7) is 3.43. The van der Waals surface area contributed by atoms with Crippen molar-refractivity contribution in [1.29, 1.82) is 5.26 Å². The smallest absolute Gasteiger partial charge is 0.338 e. The van der Waals surface area contributed by atoms with E-state index < -0.39 is 17.9 Å². The lowest BCUT2D eigenvalue weighted by atomic mass is 9.95. The number of thiocarbonyl (C=S) groups is 1. The van der Waals surface area contributed by atoms with Crippen LogP contribution in [0.1, 0.15) is 42.1 Å². The number of hydrogen-bond acceptors (Lipinski definition) is 9. The zero-order chi connectivity index (χ0) is 32.3. The van der Waals surface area contributed by atoms with E-state index in [1.807, 2.05) is 6.07 Å². The van der Waals surface area contributed by atoms with Crippen LogP contribution in [0.15, 0.2) is 77.0 Å². The molecule has 0 bridgehead atoms. The van der Waals surface area contributed by atoms with Gasteiger partial charge in [0.1, 0.15) is 12.4 Å². The summed E-state index contributed by atoms with van der Waals surface area (Å²) in [5.74, 6) is 0.00627. The molecule has 1 aliphatic heterocycles. The maximum absolute atomic E-state index is 12.7. The first-order chi connectivity index (χ1) is 21.7. The molecule has 13 heteroatoms. The number of rotatable bonds is 12. The normalized spacial score (nSPS) is 14.2. The summed E-state index contributed by atoms with van der Waals surface area (Å²) in [6, 6.07) is 18.8. The SMILES string of the molecule is CCOC(=O)C1=C(C)NC(=S)N[C@H]1c1ccccc1OCC(=O)NN=Cc1cc(Cl)c(OCc2ccccc2C#N)c(OC)c1. The lowest BCUT2D eigenvalue weighted by Crippen LogP contribution is -2.45. The van der Waals surface area contributed by atoms with Crippen LogP contribution in [0.4, 0.5) is 0 Å². The summed E-state index contributed by atoms with van der Waals surface area (Å²) in [6.07, 6.45) is 1.40. The maximum atomic E-state index is 12.7. The van der Waals surface area contributed by atoms with Crippen molar-refractivity contribution in [1.82, 2.24) is 16.1 Å². The molecule has 0 fully saturated rings. The molecule has 1 heterocycles. The zero-order valence-corrected chi connectivity index (χ0v) is 26.3. The van der Waals surface area contributed by atoms with Crippen LogP contribution in [-0.4, -0.2) is 43.5 Å². The van der Waals surface area contributed by atoms with Gasteiger partial charge < -0.3 is 29.6 Å². The Kier molecular flexibility index (Phi) is 11.3. The summed E-state index contributed by atoms with van der Waals surface area (Å²) < 4.78 is 22.4. The number of benzene rings is 3. The number of carbonyl (C=O) groups is 2. The Bertz CT molecular complexity index is 1700. The van der Waals surface area contributed by atoms with Gasteiger partial charge in [-0.25, -0.2) is 10.2 Å². The van der Waals surface area contributed by atoms with Crippen molar-refractivity contribution in [3.8, 4) is 23.3 Å². The number of nitriles is 1. The molecule has 0 unspecified atom stereocenters. The first kappa shape index (κ1) is 32.8. The van der Waals surface area contributed by atoms with Gasteiger partial charge in [0.25, 0.3) is 5.91 Å². The van der Waals surface area contributed by atoms with Gasteiger partial charge in [0.15, 0.2) is 23.2 Å². The molecule has 0 spiro atoms. The highest BCUT2D eigenvalue weighted by molar-refractivity contribution is 7.80. The third-order valence-electron chi connectivity index (χ3n) is 6.52. The number of halogens is 1. The van der Waals surface area contributed by atoms with Gasteiger partial charge in [-0.1, -0.05) is 48.0 Å². The van der Waals surface area contributed by atoms with E-state index in [1.54, 1.807) is 68.4 Å². The minimum Gasteiger partial charge on any atom is -0.493 e.